The lowest BCUT2D eigenvalue weighted by Gasteiger charge is -2.30. The number of nitrogens with zero attached hydrogens (tertiary/aromatic N) is 4. The molecule has 0 bridgehead atoms. The van der Waals surface area contributed by atoms with Gasteiger partial charge in [0.25, 0.3) is 5.91 Å². The number of likely N-dealkylation sites (tertiary alicyclic amines) is 1. The number of rotatable bonds is 4. The number of aryl methyl sites for hydroxylation is 1. The summed E-state index contributed by atoms with van der Waals surface area (Å²) in [7, 11) is 0. The number of hydrogen-bond donors (Lipinski definition) is 1. The Kier molecular flexibility index (Phi) is 5.97. The maximum absolute atomic E-state index is 12.9. The van der Waals surface area contributed by atoms with Crippen molar-refractivity contribution in [2.75, 3.05) is 36.4 Å². The molecule has 1 amide bonds. The molecule has 3 heterocycles. The topological polar surface area (TPSA) is 61.4 Å². The van der Waals surface area contributed by atoms with Crippen molar-refractivity contribution in [3.63, 3.8) is 0 Å². The Morgan fingerprint density at radius 1 is 1.00 bits per heavy atom. The number of carbonyl (C=O) groups is 1. The number of amides is 1. The van der Waals surface area contributed by atoms with Crippen molar-refractivity contribution in [2.24, 2.45) is 5.92 Å². The van der Waals surface area contributed by atoms with Gasteiger partial charge in [0, 0.05) is 43.2 Å². The number of piperidine rings is 2. The summed E-state index contributed by atoms with van der Waals surface area (Å²) in [6.45, 7) is 8.03. The van der Waals surface area contributed by atoms with E-state index >= 15 is 0 Å². The molecule has 2 fully saturated rings. The molecule has 0 unspecified atom stereocenters. The molecule has 1 N–H and O–H groups in total. The van der Waals surface area contributed by atoms with Gasteiger partial charge < -0.3 is 15.1 Å². The second-order valence-electron chi connectivity index (χ2n) is 8.41. The van der Waals surface area contributed by atoms with E-state index in [1.165, 1.54) is 24.9 Å². The highest BCUT2D eigenvalue weighted by molar-refractivity contribution is 5.92. The van der Waals surface area contributed by atoms with E-state index in [-0.39, 0.29) is 5.91 Å². The molecular weight excluding hydrogens is 362 g/mol. The highest BCUT2D eigenvalue weighted by atomic mass is 16.2. The van der Waals surface area contributed by atoms with Crippen molar-refractivity contribution in [1.29, 1.82) is 0 Å². The summed E-state index contributed by atoms with van der Waals surface area (Å²) < 4.78 is 0. The molecule has 0 atom stereocenters. The smallest absolute Gasteiger partial charge is 0.272 e. The second-order valence-corrected chi connectivity index (χ2v) is 8.41. The molecule has 29 heavy (non-hydrogen) atoms. The van der Waals surface area contributed by atoms with Gasteiger partial charge in [0.2, 0.25) is 5.95 Å². The average molecular weight is 394 g/mol. The molecular formula is C23H31N5O. The van der Waals surface area contributed by atoms with Crippen molar-refractivity contribution >= 4 is 23.2 Å². The van der Waals surface area contributed by atoms with Crippen LogP contribution in [-0.4, -0.2) is 47.0 Å². The molecule has 0 aliphatic carbocycles. The Labute approximate surface area is 173 Å². The minimum absolute atomic E-state index is 0.00546. The van der Waals surface area contributed by atoms with Crippen molar-refractivity contribution < 1.29 is 4.79 Å². The maximum Gasteiger partial charge on any atom is 0.272 e. The Balaban J connectivity index is 1.45. The van der Waals surface area contributed by atoms with Crippen LogP contribution in [-0.2, 0) is 0 Å². The van der Waals surface area contributed by atoms with Gasteiger partial charge in [-0.3, -0.25) is 4.79 Å². The Bertz CT molecular complexity index is 837. The quantitative estimate of drug-likeness (QED) is 0.835. The Morgan fingerprint density at radius 2 is 1.69 bits per heavy atom. The van der Waals surface area contributed by atoms with E-state index in [0.717, 1.165) is 50.4 Å². The van der Waals surface area contributed by atoms with E-state index < -0.39 is 0 Å². The number of hydrogen-bond acceptors (Lipinski definition) is 5. The third-order valence-electron chi connectivity index (χ3n) is 5.99. The lowest BCUT2D eigenvalue weighted by atomic mass is 9.99. The largest absolute Gasteiger partial charge is 0.372 e. The summed E-state index contributed by atoms with van der Waals surface area (Å²) in [5, 5.41) is 3.27. The van der Waals surface area contributed by atoms with Crippen molar-refractivity contribution in [2.45, 2.75) is 46.0 Å². The average Bonchev–Trinajstić information content (AvgIpc) is 2.74. The Morgan fingerprint density at radius 3 is 2.38 bits per heavy atom. The summed E-state index contributed by atoms with van der Waals surface area (Å²) in [5.41, 5.74) is 3.46. The fourth-order valence-electron chi connectivity index (χ4n) is 4.14. The lowest BCUT2D eigenvalue weighted by Crippen LogP contribution is -2.38. The second kappa shape index (κ2) is 8.80. The number of nitrogens with one attached hydrogen (secondary N) is 1. The van der Waals surface area contributed by atoms with Gasteiger partial charge in [-0.25, -0.2) is 9.97 Å². The highest BCUT2D eigenvalue weighted by Crippen LogP contribution is 2.23. The fraction of sp³-hybridized carbons (Fsp3) is 0.522. The van der Waals surface area contributed by atoms with Gasteiger partial charge in [-0.15, -0.1) is 0 Å². The van der Waals surface area contributed by atoms with Crippen LogP contribution in [0, 0.1) is 12.8 Å². The van der Waals surface area contributed by atoms with Gasteiger partial charge in [0.15, 0.2) is 0 Å². The lowest BCUT2D eigenvalue weighted by molar-refractivity contribution is 0.0691. The molecule has 2 aromatic rings. The van der Waals surface area contributed by atoms with Crippen molar-refractivity contribution in [3.8, 4) is 0 Å². The first-order chi connectivity index (χ1) is 14.1. The fourth-order valence-corrected chi connectivity index (χ4v) is 4.14. The van der Waals surface area contributed by atoms with Gasteiger partial charge in [0.05, 0.1) is 0 Å². The highest BCUT2D eigenvalue weighted by Gasteiger charge is 2.23. The predicted molar refractivity (Wildman–Crippen MR) is 117 cm³/mol. The summed E-state index contributed by atoms with van der Waals surface area (Å²) in [5.74, 6) is 1.17. The van der Waals surface area contributed by atoms with Crippen LogP contribution in [0.3, 0.4) is 0 Å². The zero-order chi connectivity index (χ0) is 20.2. The van der Waals surface area contributed by atoms with Crippen LogP contribution in [0.4, 0.5) is 17.3 Å². The number of benzene rings is 1. The molecule has 0 saturated carbocycles. The molecule has 6 heteroatoms. The first-order valence-electron chi connectivity index (χ1n) is 10.9. The van der Waals surface area contributed by atoms with Crippen LogP contribution in [0.25, 0.3) is 0 Å². The summed E-state index contributed by atoms with van der Waals surface area (Å²) in [6, 6.07) is 10.2. The molecule has 0 radical (unpaired) electrons. The number of anilines is 3. The Hall–Kier alpha value is -2.63. The third-order valence-corrected chi connectivity index (χ3v) is 5.99. The van der Waals surface area contributed by atoms with Crippen molar-refractivity contribution in [3.05, 3.63) is 41.7 Å². The molecule has 6 nitrogen and oxygen atoms in total. The minimum Gasteiger partial charge on any atom is -0.372 e. The summed E-state index contributed by atoms with van der Waals surface area (Å²) in [4.78, 5) is 26.2. The number of carbonyl (C=O) groups excluding carboxylic acids is 1. The summed E-state index contributed by atoms with van der Waals surface area (Å²) in [6.07, 6.45) is 5.99. The van der Waals surface area contributed by atoms with Crippen LogP contribution in [0.15, 0.2) is 30.3 Å². The van der Waals surface area contributed by atoms with E-state index in [0.29, 0.717) is 17.6 Å². The predicted octanol–water partition coefficient (Wildman–Crippen LogP) is 4.39. The zero-order valence-corrected chi connectivity index (χ0v) is 17.5. The maximum atomic E-state index is 12.9. The zero-order valence-electron chi connectivity index (χ0n) is 17.5. The molecule has 2 saturated heterocycles. The van der Waals surface area contributed by atoms with E-state index in [1.54, 1.807) is 6.07 Å². The molecule has 0 spiro atoms. The normalized spacial score (nSPS) is 18.0. The standard InChI is InChI=1S/C23H31N5O/c1-17-10-14-28(15-11-17)22(29)21-16-18(2)24-23(26-21)25-19-6-8-20(9-7-19)27-12-4-3-5-13-27/h6-9,16-17H,3-5,10-15H2,1-2H3,(H,24,25,26). The van der Waals surface area contributed by atoms with Gasteiger partial charge in [-0.2, -0.15) is 0 Å². The first kappa shape index (κ1) is 19.7. The summed E-state index contributed by atoms with van der Waals surface area (Å²) >= 11 is 0. The molecule has 2 aliphatic rings. The number of aromatic nitrogens is 2. The third kappa shape index (κ3) is 4.86. The van der Waals surface area contributed by atoms with E-state index in [4.69, 9.17) is 0 Å². The van der Waals surface area contributed by atoms with Crippen molar-refractivity contribution in [1.82, 2.24) is 14.9 Å². The van der Waals surface area contributed by atoms with Gasteiger partial charge >= 0.3 is 0 Å². The molecule has 1 aromatic carbocycles. The molecule has 1 aromatic heterocycles. The van der Waals surface area contributed by atoms with E-state index in [1.807, 2.05) is 11.8 Å². The molecule has 2 aliphatic heterocycles. The SMILES string of the molecule is Cc1cc(C(=O)N2CCC(C)CC2)nc(Nc2ccc(N3CCCCC3)cc2)n1. The van der Waals surface area contributed by atoms with Crippen LogP contribution in [0.2, 0.25) is 0 Å². The van der Waals surface area contributed by atoms with Crippen LogP contribution < -0.4 is 10.2 Å². The van der Waals surface area contributed by atoms with Gasteiger partial charge in [-0.1, -0.05) is 6.92 Å². The van der Waals surface area contributed by atoms with Crippen LogP contribution in [0.1, 0.15) is 55.2 Å². The monoisotopic (exact) mass is 393 g/mol. The minimum atomic E-state index is 0.00546. The van der Waals surface area contributed by atoms with Crippen LogP contribution >= 0.6 is 0 Å². The van der Waals surface area contributed by atoms with Gasteiger partial charge in [0.1, 0.15) is 5.69 Å². The van der Waals surface area contributed by atoms with E-state index in [2.05, 4.69) is 51.4 Å². The van der Waals surface area contributed by atoms with Crippen LogP contribution in [0.5, 0.6) is 0 Å². The first-order valence-corrected chi connectivity index (χ1v) is 10.9. The molecule has 154 valence electrons. The van der Waals surface area contributed by atoms with E-state index in [9.17, 15) is 4.79 Å². The van der Waals surface area contributed by atoms with Gasteiger partial charge in [-0.05, 0) is 75.3 Å². The molecule has 4 rings (SSSR count).